The Morgan fingerprint density at radius 3 is 2.78 bits per heavy atom. The summed E-state index contributed by atoms with van der Waals surface area (Å²) in [5, 5.41) is 15.2. The highest BCUT2D eigenvalue weighted by Gasteiger charge is 2.07. The van der Waals surface area contributed by atoms with Gasteiger partial charge in [0.25, 0.3) is 0 Å². The first kappa shape index (κ1) is 13.8. The van der Waals surface area contributed by atoms with Crippen LogP contribution in [0, 0.1) is 0 Å². The molecule has 2 amide bonds. The number of hydrogen-bond donors (Lipinski definition) is 2. The van der Waals surface area contributed by atoms with E-state index >= 15 is 0 Å². The zero-order valence-corrected chi connectivity index (χ0v) is 10.2. The van der Waals surface area contributed by atoms with Crippen LogP contribution in [0.3, 0.4) is 0 Å². The van der Waals surface area contributed by atoms with E-state index in [1.54, 1.807) is 25.3 Å². The van der Waals surface area contributed by atoms with E-state index in [4.69, 9.17) is 4.74 Å². The van der Waals surface area contributed by atoms with E-state index in [9.17, 15) is 14.7 Å². The quantitative estimate of drug-likeness (QED) is 0.747. The van der Waals surface area contributed by atoms with Gasteiger partial charge in [-0.15, -0.1) is 0 Å². The summed E-state index contributed by atoms with van der Waals surface area (Å²) in [7, 11) is 1.56. The minimum absolute atomic E-state index is 0.281. The first-order chi connectivity index (χ1) is 8.52. The maximum atomic E-state index is 11.3. The van der Waals surface area contributed by atoms with Gasteiger partial charge in [0.05, 0.1) is 19.1 Å². The average molecular weight is 251 g/mol. The van der Waals surface area contributed by atoms with Crippen LogP contribution in [-0.4, -0.2) is 25.2 Å². The predicted octanol–water partition coefficient (Wildman–Crippen LogP) is -0.367. The molecule has 1 rings (SSSR count). The second-order valence-electron chi connectivity index (χ2n) is 3.72. The first-order valence-corrected chi connectivity index (χ1v) is 5.41. The number of carbonyl (C=O) groups excluding carboxylic acids is 2. The fraction of sp³-hybridized carbons (Fsp3) is 0.333. The summed E-state index contributed by atoms with van der Waals surface area (Å²) in [6.07, 6.45) is 0. The van der Waals surface area contributed by atoms with Crippen molar-refractivity contribution in [1.82, 2.24) is 10.6 Å². The van der Waals surface area contributed by atoms with Gasteiger partial charge in [-0.05, 0) is 24.6 Å². The van der Waals surface area contributed by atoms with Gasteiger partial charge >= 0.3 is 6.03 Å². The van der Waals surface area contributed by atoms with E-state index in [2.05, 4.69) is 10.6 Å². The normalized spacial score (nSPS) is 11.4. The largest absolute Gasteiger partial charge is 0.548 e. The lowest BCUT2D eigenvalue weighted by atomic mass is 10.2. The van der Waals surface area contributed by atoms with Crippen LogP contribution in [-0.2, 0) is 11.3 Å². The van der Waals surface area contributed by atoms with Crippen LogP contribution in [0.5, 0.6) is 5.75 Å². The molecule has 0 radical (unpaired) electrons. The number of benzene rings is 1. The van der Waals surface area contributed by atoms with Crippen LogP contribution in [0.15, 0.2) is 24.3 Å². The van der Waals surface area contributed by atoms with Gasteiger partial charge in [-0.1, -0.05) is 12.1 Å². The zero-order valence-electron chi connectivity index (χ0n) is 10.2. The molecule has 0 unspecified atom stereocenters. The van der Waals surface area contributed by atoms with Crippen molar-refractivity contribution < 1.29 is 19.4 Å². The Bertz CT molecular complexity index is 434. The Balaban J connectivity index is 2.44. The first-order valence-electron chi connectivity index (χ1n) is 5.41. The van der Waals surface area contributed by atoms with Crippen molar-refractivity contribution in [3.8, 4) is 5.75 Å². The van der Waals surface area contributed by atoms with E-state index in [1.807, 2.05) is 6.07 Å². The standard InChI is InChI=1S/C12H16N2O4/c1-8(11(15)16)14-12(17)13-7-9-4-3-5-10(6-9)18-2/h3-6,8H,7H2,1-2H3,(H,15,16)(H2,13,14,17)/p-1/t8-/m0/s1. The fourth-order valence-corrected chi connectivity index (χ4v) is 1.27. The molecule has 1 aromatic rings. The van der Waals surface area contributed by atoms with Gasteiger partial charge in [0.15, 0.2) is 0 Å². The molecule has 0 aromatic heterocycles. The molecule has 0 saturated heterocycles. The van der Waals surface area contributed by atoms with E-state index in [1.165, 1.54) is 6.92 Å². The molecule has 1 aromatic carbocycles. The lowest BCUT2D eigenvalue weighted by Crippen LogP contribution is -2.49. The molecule has 6 heteroatoms. The van der Waals surface area contributed by atoms with Crippen LogP contribution < -0.4 is 20.5 Å². The van der Waals surface area contributed by atoms with Crippen LogP contribution in [0.2, 0.25) is 0 Å². The summed E-state index contributed by atoms with van der Waals surface area (Å²) in [4.78, 5) is 21.8. The third kappa shape index (κ3) is 4.32. The van der Waals surface area contributed by atoms with Gasteiger partial charge in [0, 0.05) is 6.54 Å². The third-order valence-electron chi connectivity index (χ3n) is 2.29. The summed E-state index contributed by atoms with van der Waals surface area (Å²) in [5.41, 5.74) is 0.852. The van der Waals surface area contributed by atoms with E-state index < -0.39 is 18.0 Å². The lowest BCUT2D eigenvalue weighted by Gasteiger charge is -2.15. The smallest absolute Gasteiger partial charge is 0.315 e. The molecule has 0 aliphatic rings. The molecule has 0 spiro atoms. The Kier molecular flexibility index (Phi) is 4.98. The van der Waals surface area contributed by atoms with Gasteiger partial charge in [-0.2, -0.15) is 0 Å². The van der Waals surface area contributed by atoms with Crippen molar-refractivity contribution in [2.75, 3.05) is 7.11 Å². The number of aliphatic carboxylic acids is 1. The molecule has 2 N–H and O–H groups in total. The highest BCUT2D eigenvalue weighted by molar-refractivity contribution is 5.81. The molecule has 98 valence electrons. The second kappa shape index (κ2) is 6.48. The summed E-state index contributed by atoms with van der Waals surface area (Å²) < 4.78 is 5.04. The molecule has 6 nitrogen and oxygen atoms in total. The van der Waals surface area contributed by atoms with Gasteiger partial charge in [0.1, 0.15) is 5.75 Å². The molecule has 0 saturated carbocycles. The molecule has 0 heterocycles. The number of hydrogen-bond acceptors (Lipinski definition) is 4. The highest BCUT2D eigenvalue weighted by atomic mass is 16.5. The molecular formula is C12H15N2O4-. The highest BCUT2D eigenvalue weighted by Crippen LogP contribution is 2.11. The summed E-state index contributed by atoms with van der Waals surface area (Å²) in [5.74, 6) is -0.635. The number of amides is 2. The van der Waals surface area contributed by atoms with Crippen molar-refractivity contribution >= 4 is 12.0 Å². The predicted molar refractivity (Wildman–Crippen MR) is 62.8 cm³/mol. The fourth-order valence-electron chi connectivity index (χ4n) is 1.27. The Labute approximate surface area is 105 Å². The number of carboxylic acids is 1. The Hall–Kier alpha value is -2.24. The van der Waals surface area contributed by atoms with Gasteiger partial charge in [-0.3, -0.25) is 0 Å². The summed E-state index contributed by atoms with van der Waals surface area (Å²) in [6.45, 7) is 1.61. The van der Waals surface area contributed by atoms with Crippen LogP contribution in [0.25, 0.3) is 0 Å². The van der Waals surface area contributed by atoms with E-state index in [0.717, 1.165) is 5.56 Å². The van der Waals surface area contributed by atoms with Crippen molar-refractivity contribution in [3.05, 3.63) is 29.8 Å². The number of carbonyl (C=O) groups is 2. The Morgan fingerprint density at radius 2 is 2.17 bits per heavy atom. The minimum atomic E-state index is -1.33. The number of carboxylic acid groups (broad SMARTS) is 1. The molecule has 0 aliphatic heterocycles. The molecule has 1 atom stereocenters. The molecule has 0 fully saturated rings. The SMILES string of the molecule is COc1cccc(CNC(=O)N[C@@H](C)C(=O)[O-])c1. The number of urea groups is 1. The Morgan fingerprint density at radius 1 is 1.44 bits per heavy atom. The van der Waals surface area contributed by atoms with Crippen molar-refractivity contribution in [2.24, 2.45) is 0 Å². The molecule has 0 bridgehead atoms. The van der Waals surface area contributed by atoms with E-state index in [-0.39, 0.29) is 6.54 Å². The number of ether oxygens (including phenoxy) is 1. The van der Waals surface area contributed by atoms with Crippen molar-refractivity contribution in [1.29, 1.82) is 0 Å². The number of nitrogens with one attached hydrogen (secondary N) is 2. The van der Waals surface area contributed by atoms with Crippen LogP contribution in [0.1, 0.15) is 12.5 Å². The number of methoxy groups -OCH3 is 1. The van der Waals surface area contributed by atoms with Crippen LogP contribution in [0.4, 0.5) is 4.79 Å². The van der Waals surface area contributed by atoms with E-state index in [0.29, 0.717) is 5.75 Å². The maximum Gasteiger partial charge on any atom is 0.315 e. The van der Waals surface area contributed by atoms with Gasteiger partial charge in [-0.25, -0.2) is 4.79 Å². The van der Waals surface area contributed by atoms with Crippen LogP contribution >= 0.6 is 0 Å². The third-order valence-corrected chi connectivity index (χ3v) is 2.29. The zero-order chi connectivity index (χ0) is 13.5. The maximum absolute atomic E-state index is 11.3. The molecular weight excluding hydrogens is 236 g/mol. The lowest BCUT2D eigenvalue weighted by molar-refractivity contribution is -0.307. The average Bonchev–Trinajstić information content (AvgIpc) is 2.36. The summed E-state index contributed by atoms with van der Waals surface area (Å²) in [6, 6.07) is 5.61. The van der Waals surface area contributed by atoms with Gasteiger partial charge in [0.2, 0.25) is 0 Å². The monoisotopic (exact) mass is 251 g/mol. The topological polar surface area (TPSA) is 90.5 Å². The van der Waals surface area contributed by atoms with Crippen molar-refractivity contribution in [2.45, 2.75) is 19.5 Å². The number of rotatable bonds is 5. The molecule has 18 heavy (non-hydrogen) atoms. The minimum Gasteiger partial charge on any atom is -0.548 e. The second-order valence-corrected chi connectivity index (χ2v) is 3.72. The van der Waals surface area contributed by atoms with Gasteiger partial charge < -0.3 is 25.3 Å². The summed E-state index contributed by atoms with van der Waals surface area (Å²) >= 11 is 0. The molecule has 0 aliphatic carbocycles. The van der Waals surface area contributed by atoms with Crippen molar-refractivity contribution in [3.63, 3.8) is 0 Å².